The fourth-order valence-electron chi connectivity index (χ4n) is 1.98. The van der Waals surface area contributed by atoms with Gasteiger partial charge in [0.25, 0.3) is 0 Å². The van der Waals surface area contributed by atoms with E-state index >= 15 is 0 Å². The Labute approximate surface area is 126 Å². The number of hydrogen-bond acceptors (Lipinski definition) is 5. The number of nitrogens with zero attached hydrogens (tertiary/aromatic N) is 1. The van der Waals surface area contributed by atoms with E-state index in [1.807, 2.05) is 24.4 Å². The predicted molar refractivity (Wildman–Crippen MR) is 84.6 cm³/mol. The Hall–Kier alpha value is -1.53. The van der Waals surface area contributed by atoms with Gasteiger partial charge in [-0.3, -0.25) is 4.79 Å². The van der Waals surface area contributed by atoms with E-state index in [2.05, 4.69) is 22.5 Å². The van der Waals surface area contributed by atoms with Crippen molar-refractivity contribution < 1.29 is 4.79 Å². The summed E-state index contributed by atoms with van der Waals surface area (Å²) in [4.78, 5) is 18.1. The maximum absolute atomic E-state index is 11.4. The van der Waals surface area contributed by atoms with E-state index < -0.39 is 0 Å². The topological polar surface area (TPSA) is 54.0 Å². The minimum Gasteiger partial charge on any atom is -0.380 e. The summed E-state index contributed by atoms with van der Waals surface area (Å²) < 4.78 is 0. The third kappa shape index (κ3) is 2.96. The zero-order valence-corrected chi connectivity index (χ0v) is 12.7. The summed E-state index contributed by atoms with van der Waals surface area (Å²) in [7, 11) is 0. The number of carbonyl (C=O) groups is 1. The minimum absolute atomic E-state index is 0.0645. The van der Waals surface area contributed by atoms with Crippen LogP contribution in [-0.2, 0) is 17.8 Å². The SMILES string of the molecule is CCc1ncc(CNc2ccc3c(c2)NC(=O)CS3)s1. The molecule has 6 heteroatoms. The summed E-state index contributed by atoms with van der Waals surface area (Å²) in [5.41, 5.74) is 1.91. The van der Waals surface area contributed by atoms with Gasteiger partial charge in [0.05, 0.1) is 23.0 Å². The van der Waals surface area contributed by atoms with E-state index in [1.165, 1.54) is 4.88 Å². The summed E-state index contributed by atoms with van der Waals surface area (Å²) in [5, 5.41) is 7.44. The molecule has 0 aliphatic carbocycles. The Morgan fingerprint density at radius 3 is 3.15 bits per heavy atom. The van der Waals surface area contributed by atoms with Crippen molar-refractivity contribution in [2.45, 2.75) is 24.8 Å². The van der Waals surface area contributed by atoms with Crippen molar-refractivity contribution in [3.63, 3.8) is 0 Å². The summed E-state index contributed by atoms with van der Waals surface area (Å²) in [5.74, 6) is 0.565. The average Bonchev–Trinajstić information content (AvgIpc) is 2.92. The zero-order valence-electron chi connectivity index (χ0n) is 11.1. The van der Waals surface area contributed by atoms with E-state index in [-0.39, 0.29) is 5.91 Å². The Kier molecular flexibility index (Phi) is 3.93. The number of nitrogens with one attached hydrogen (secondary N) is 2. The number of fused-ring (bicyclic) bond motifs is 1. The van der Waals surface area contributed by atoms with Gasteiger partial charge in [-0.2, -0.15) is 0 Å². The Balaban J connectivity index is 1.68. The molecule has 0 atom stereocenters. The highest BCUT2D eigenvalue weighted by atomic mass is 32.2. The second-order valence-electron chi connectivity index (χ2n) is 4.48. The lowest BCUT2D eigenvalue weighted by atomic mass is 10.2. The van der Waals surface area contributed by atoms with Gasteiger partial charge in [0.2, 0.25) is 5.91 Å². The van der Waals surface area contributed by atoms with Crippen LogP contribution in [0, 0.1) is 0 Å². The second-order valence-corrected chi connectivity index (χ2v) is 6.69. The van der Waals surface area contributed by atoms with Crippen LogP contribution in [0.4, 0.5) is 11.4 Å². The number of anilines is 2. The van der Waals surface area contributed by atoms with Crippen LogP contribution < -0.4 is 10.6 Å². The summed E-state index contributed by atoms with van der Waals surface area (Å²) >= 11 is 3.31. The molecule has 0 saturated carbocycles. The van der Waals surface area contributed by atoms with E-state index in [9.17, 15) is 4.79 Å². The average molecular weight is 305 g/mol. The number of benzene rings is 1. The zero-order chi connectivity index (χ0) is 13.9. The smallest absolute Gasteiger partial charge is 0.234 e. The number of carbonyl (C=O) groups excluding carboxylic acids is 1. The van der Waals surface area contributed by atoms with Crippen molar-refractivity contribution in [2.24, 2.45) is 0 Å². The third-order valence-electron chi connectivity index (χ3n) is 2.98. The molecule has 0 fully saturated rings. The number of hydrogen-bond donors (Lipinski definition) is 2. The Morgan fingerprint density at radius 1 is 1.45 bits per heavy atom. The standard InChI is InChI=1S/C14H15N3OS2/c1-2-14-16-7-10(20-14)6-15-9-3-4-12-11(5-9)17-13(18)8-19-12/h3-5,7,15H,2,6,8H2,1H3,(H,17,18). The number of rotatable bonds is 4. The first-order chi connectivity index (χ1) is 9.74. The van der Waals surface area contributed by atoms with Gasteiger partial charge in [-0.1, -0.05) is 6.92 Å². The van der Waals surface area contributed by atoms with Crippen molar-refractivity contribution in [1.82, 2.24) is 4.98 Å². The van der Waals surface area contributed by atoms with Crippen molar-refractivity contribution >= 4 is 40.4 Å². The molecule has 0 spiro atoms. The van der Waals surface area contributed by atoms with Crippen molar-refractivity contribution in [3.8, 4) is 0 Å². The van der Waals surface area contributed by atoms with Gasteiger partial charge < -0.3 is 10.6 Å². The lowest BCUT2D eigenvalue weighted by Crippen LogP contribution is -2.18. The van der Waals surface area contributed by atoms with Crippen LogP contribution in [-0.4, -0.2) is 16.6 Å². The number of aromatic nitrogens is 1. The van der Waals surface area contributed by atoms with Crippen LogP contribution in [0.1, 0.15) is 16.8 Å². The molecule has 1 aromatic carbocycles. The van der Waals surface area contributed by atoms with Crippen LogP contribution in [0.15, 0.2) is 29.3 Å². The Bertz CT molecular complexity index is 639. The lowest BCUT2D eigenvalue weighted by molar-refractivity contribution is -0.113. The van der Waals surface area contributed by atoms with Crippen molar-refractivity contribution in [1.29, 1.82) is 0 Å². The number of thiazole rings is 1. The predicted octanol–water partition coefficient (Wildman–Crippen LogP) is 3.36. The van der Waals surface area contributed by atoms with Crippen molar-refractivity contribution in [3.05, 3.63) is 34.3 Å². The van der Waals surface area contributed by atoms with Gasteiger partial charge >= 0.3 is 0 Å². The number of thioether (sulfide) groups is 1. The fraction of sp³-hybridized carbons (Fsp3) is 0.286. The summed E-state index contributed by atoms with van der Waals surface area (Å²) in [6.07, 6.45) is 2.90. The van der Waals surface area contributed by atoms with E-state index in [0.29, 0.717) is 5.75 Å². The highest BCUT2D eigenvalue weighted by Crippen LogP contribution is 2.33. The number of aryl methyl sites for hydroxylation is 1. The molecule has 1 aliphatic rings. The lowest BCUT2D eigenvalue weighted by Gasteiger charge is -2.17. The molecule has 104 valence electrons. The molecule has 4 nitrogen and oxygen atoms in total. The molecule has 1 amide bonds. The quantitative estimate of drug-likeness (QED) is 0.909. The summed E-state index contributed by atoms with van der Waals surface area (Å²) in [6.45, 7) is 2.87. The van der Waals surface area contributed by atoms with Crippen molar-refractivity contribution in [2.75, 3.05) is 16.4 Å². The minimum atomic E-state index is 0.0645. The van der Waals surface area contributed by atoms with E-state index in [1.54, 1.807) is 23.1 Å². The molecule has 1 aromatic heterocycles. The molecule has 0 saturated heterocycles. The molecule has 2 N–H and O–H groups in total. The first-order valence-corrected chi connectivity index (χ1v) is 8.29. The molecular weight excluding hydrogens is 290 g/mol. The molecule has 0 radical (unpaired) electrons. The van der Waals surface area contributed by atoms with Gasteiger partial charge in [0.15, 0.2) is 0 Å². The highest BCUT2D eigenvalue weighted by Gasteiger charge is 2.15. The second kappa shape index (κ2) is 5.85. The first-order valence-electron chi connectivity index (χ1n) is 6.49. The van der Waals surface area contributed by atoms with Gasteiger partial charge in [0, 0.05) is 21.7 Å². The normalized spacial score (nSPS) is 13.8. The molecule has 0 bridgehead atoms. The molecule has 1 aliphatic heterocycles. The van der Waals surface area contributed by atoms with Gasteiger partial charge in [0.1, 0.15) is 0 Å². The molecule has 0 unspecified atom stereocenters. The fourth-order valence-corrected chi connectivity index (χ4v) is 3.57. The van der Waals surface area contributed by atoms with Gasteiger partial charge in [-0.05, 0) is 24.6 Å². The molecular formula is C14H15N3OS2. The van der Waals surface area contributed by atoms with E-state index in [0.717, 1.165) is 34.2 Å². The van der Waals surface area contributed by atoms with Crippen LogP contribution in [0.5, 0.6) is 0 Å². The maximum Gasteiger partial charge on any atom is 0.234 e. The van der Waals surface area contributed by atoms with Gasteiger partial charge in [-0.15, -0.1) is 23.1 Å². The monoisotopic (exact) mass is 305 g/mol. The molecule has 3 rings (SSSR count). The van der Waals surface area contributed by atoms with Crippen LogP contribution in [0.25, 0.3) is 0 Å². The van der Waals surface area contributed by atoms with E-state index in [4.69, 9.17) is 0 Å². The summed E-state index contributed by atoms with van der Waals surface area (Å²) in [6, 6.07) is 6.08. The van der Waals surface area contributed by atoms with Gasteiger partial charge in [-0.25, -0.2) is 4.98 Å². The Morgan fingerprint density at radius 2 is 2.35 bits per heavy atom. The first kappa shape index (κ1) is 13.5. The van der Waals surface area contributed by atoms with Crippen LogP contribution in [0.2, 0.25) is 0 Å². The van der Waals surface area contributed by atoms with Crippen LogP contribution >= 0.6 is 23.1 Å². The third-order valence-corrected chi connectivity index (χ3v) is 5.20. The molecule has 2 aromatic rings. The largest absolute Gasteiger partial charge is 0.380 e. The maximum atomic E-state index is 11.4. The molecule has 2 heterocycles. The van der Waals surface area contributed by atoms with Crippen LogP contribution in [0.3, 0.4) is 0 Å². The molecule has 20 heavy (non-hydrogen) atoms. The number of amides is 1. The highest BCUT2D eigenvalue weighted by molar-refractivity contribution is 8.00.